The molecule has 0 unspecified atom stereocenters. The van der Waals surface area contributed by atoms with Crippen LogP contribution in [0.25, 0.3) is 0 Å². The minimum atomic E-state index is -1.47. The van der Waals surface area contributed by atoms with Crippen molar-refractivity contribution < 1.29 is 35.0 Å². The SMILES string of the molecule is CCN1C[C@]2(CO)CC[C@H](O)[C@]34[C@@H]2[C@@H](OC)[C@@H]([C@@H]13)[C@@]1(O)C[C@H](OC)[C@H]2C[C@]4(O)[C@@H]1[C@H]2O. The summed E-state index contributed by atoms with van der Waals surface area (Å²) in [4.78, 5) is 2.27. The van der Waals surface area contributed by atoms with E-state index in [0.29, 0.717) is 32.4 Å². The maximum Gasteiger partial charge on any atom is 0.0832 e. The largest absolute Gasteiger partial charge is 0.396 e. The molecule has 5 aliphatic carbocycles. The standard InChI is InChI=1S/C23H37NO7/c1-4-24-9-20(10-25)6-5-13(26)23-18(20)16(31-3)14(19(23)24)21(28)8-12(30-2)11-7-22(23,29)17(21)15(11)27/h11-19,25-29H,4-10H2,1-3H3/t11-,12+,13+,14+,15+,16+,17-,18-,19-,20+,21+,22+,23+/m1/s1. The molecule has 0 aromatic heterocycles. The number of aliphatic hydroxyl groups excluding tert-OH is 3. The van der Waals surface area contributed by atoms with Gasteiger partial charge in [-0.2, -0.15) is 0 Å². The number of likely N-dealkylation sites (tertiary alicyclic amines) is 1. The van der Waals surface area contributed by atoms with Crippen LogP contribution >= 0.6 is 0 Å². The first-order chi connectivity index (χ1) is 14.7. The number of nitrogens with zero attached hydrogens (tertiary/aromatic N) is 1. The van der Waals surface area contributed by atoms with Gasteiger partial charge in [-0.25, -0.2) is 0 Å². The van der Waals surface area contributed by atoms with Crippen LogP contribution in [0, 0.1) is 34.5 Å². The molecular formula is C23H37NO7. The smallest absolute Gasteiger partial charge is 0.0832 e. The molecule has 0 aromatic carbocycles. The molecule has 8 nitrogen and oxygen atoms in total. The fourth-order valence-electron chi connectivity index (χ4n) is 10.5. The van der Waals surface area contributed by atoms with Crippen molar-refractivity contribution in [3.05, 3.63) is 0 Å². The lowest BCUT2D eigenvalue weighted by Crippen LogP contribution is -2.81. The van der Waals surface area contributed by atoms with Gasteiger partial charge >= 0.3 is 0 Å². The maximum absolute atomic E-state index is 12.6. The van der Waals surface area contributed by atoms with Crippen LogP contribution in [-0.4, -0.2) is 106 Å². The number of methoxy groups -OCH3 is 2. The molecule has 1 heterocycles. The molecule has 6 fully saturated rings. The fraction of sp³-hybridized carbons (Fsp3) is 1.00. The lowest BCUT2D eigenvalue weighted by molar-refractivity contribution is -0.325. The Morgan fingerprint density at radius 1 is 1.06 bits per heavy atom. The molecule has 8 heteroatoms. The topological polar surface area (TPSA) is 123 Å². The molecule has 1 spiro atoms. The zero-order valence-electron chi connectivity index (χ0n) is 18.6. The van der Waals surface area contributed by atoms with E-state index in [2.05, 4.69) is 11.8 Å². The number of hydrogen-bond donors (Lipinski definition) is 5. The van der Waals surface area contributed by atoms with Gasteiger partial charge in [0, 0.05) is 67.7 Å². The number of fused-ring (bicyclic) bond motifs is 2. The Morgan fingerprint density at radius 3 is 2.42 bits per heavy atom. The van der Waals surface area contributed by atoms with Crippen LogP contribution in [0.4, 0.5) is 0 Å². The van der Waals surface area contributed by atoms with Crippen molar-refractivity contribution in [2.24, 2.45) is 34.5 Å². The molecule has 6 aliphatic rings. The van der Waals surface area contributed by atoms with Crippen molar-refractivity contribution >= 4 is 0 Å². The minimum Gasteiger partial charge on any atom is -0.396 e. The normalized spacial score (nSPS) is 64.1. The van der Waals surface area contributed by atoms with E-state index in [0.717, 1.165) is 0 Å². The van der Waals surface area contributed by atoms with Crippen LogP contribution in [-0.2, 0) is 9.47 Å². The molecule has 0 amide bonds. The Labute approximate surface area is 183 Å². The average Bonchev–Trinajstić information content (AvgIpc) is 3.13. The van der Waals surface area contributed by atoms with E-state index in [4.69, 9.17) is 9.47 Å². The highest BCUT2D eigenvalue weighted by atomic mass is 16.5. The number of piperidine rings is 1. The Balaban J connectivity index is 1.68. The van der Waals surface area contributed by atoms with Gasteiger partial charge in [0.15, 0.2) is 0 Å². The number of rotatable bonds is 4. The monoisotopic (exact) mass is 439 g/mol. The van der Waals surface area contributed by atoms with Gasteiger partial charge in [-0.1, -0.05) is 6.92 Å². The third-order valence-electron chi connectivity index (χ3n) is 11.1. The molecule has 1 saturated heterocycles. The first kappa shape index (κ1) is 21.2. The van der Waals surface area contributed by atoms with E-state index in [9.17, 15) is 25.5 Å². The van der Waals surface area contributed by atoms with E-state index < -0.39 is 46.3 Å². The first-order valence-electron chi connectivity index (χ1n) is 11.9. The van der Waals surface area contributed by atoms with Crippen LogP contribution in [0.2, 0.25) is 0 Å². The highest BCUT2D eigenvalue weighted by Gasteiger charge is 2.90. The van der Waals surface area contributed by atoms with E-state index in [1.165, 1.54) is 0 Å². The van der Waals surface area contributed by atoms with Crippen molar-refractivity contribution in [2.75, 3.05) is 33.9 Å². The molecule has 0 radical (unpaired) electrons. The number of hydrogen-bond acceptors (Lipinski definition) is 8. The second-order valence-corrected chi connectivity index (χ2v) is 11.4. The minimum absolute atomic E-state index is 0.0478. The summed E-state index contributed by atoms with van der Waals surface area (Å²) in [7, 11) is 3.24. The summed E-state index contributed by atoms with van der Waals surface area (Å²) in [6.07, 6.45) is -0.720. The van der Waals surface area contributed by atoms with Gasteiger partial charge in [0.05, 0.1) is 42.2 Å². The van der Waals surface area contributed by atoms with Crippen LogP contribution in [0.5, 0.6) is 0 Å². The zero-order valence-corrected chi connectivity index (χ0v) is 18.6. The Morgan fingerprint density at radius 2 is 1.81 bits per heavy atom. The van der Waals surface area contributed by atoms with E-state index in [1.54, 1.807) is 14.2 Å². The van der Waals surface area contributed by atoms with Gasteiger partial charge in [0.25, 0.3) is 0 Å². The van der Waals surface area contributed by atoms with Crippen molar-refractivity contribution in [1.29, 1.82) is 0 Å². The van der Waals surface area contributed by atoms with Gasteiger partial charge in [-0.3, -0.25) is 4.90 Å². The van der Waals surface area contributed by atoms with Crippen LogP contribution < -0.4 is 0 Å². The molecule has 7 bridgehead atoms. The third-order valence-corrected chi connectivity index (χ3v) is 11.1. The maximum atomic E-state index is 12.6. The summed E-state index contributed by atoms with van der Waals surface area (Å²) in [5.41, 5.74) is -4.33. The summed E-state index contributed by atoms with van der Waals surface area (Å²) in [6.45, 7) is 3.37. The second-order valence-electron chi connectivity index (χ2n) is 11.4. The quantitative estimate of drug-likeness (QED) is 0.377. The highest BCUT2D eigenvalue weighted by molar-refractivity contribution is 5.40. The molecular weight excluding hydrogens is 402 g/mol. The van der Waals surface area contributed by atoms with E-state index in [1.807, 2.05) is 0 Å². The predicted octanol–water partition coefficient (Wildman–Crippen LogP) is -1.04. The number of ether oxygens (including phenoxy) is 2. The second kappa shape index (κ2) is 6.21. The molecule has 1 aliphatic heterocycles. The van der Waals surface area contributed by atoms with Crippen molar-refractivity contribution in [3.8, 4) is 0 Å². The van der Waals surface area contributed by atoms with E-state index in [-0.39, 0.29) is 42.9 Å². The molecule has 31 heavy (non-hydrogen) atoms. The molecule has 0 aromatic rings. The summed E-state index contributed by atoms with van der Waals surface area (Å²) < 4.78 is 11.9. The first-order valence-corrected chi connectivity index (χ1v) is 11.9. The molecule has 6 rings (SSSR count). The average molecular weight is 440 g/mol. The van der Waals surface area contributed by atoms with Crippen LogP contribution in [0.1, 0.15) is 32.6 Å². The van der Waals surface area contributed by atoms with Gasteiger partial charge in [-0.15, -0.1) is 0 Å². The molecule has 13 atom stereocenters. The van der Waals surface area contributed by atoms with Gasteiger partial charge in [0.1, 0.15) is 0 Å². The summed E-state index contributed by atoms with van der Waals surface area (Å²) >= 11 is 0. The lowest BCUT2D eigenvalue weighted by Gasteiger charge is -2.70. The summed E-state index contributed by atoms with van der Waals surface area (Å²) in [5, 5.41) is 58.8. The van der Waals surface area contributed by atoms with Crippen LogP contribution in [0.15, 0.2) is 0 Å². The molecule has 176 valence electrons. The van der Waals surface area contributed by atoms with Gasteiger partial charge < -0.3 is 35.0 Å². The highest BCUT2D eigenvalue weighted by Crippen LogP contribution is 2.80. The van der Waals surface area contributed by atoms with Crippen molar-refractivity contribution in [1.82, 2.24) is 4.90 Å². The number of aliphatic hydroxyl groups is 5. The van der Waals surface area contributed by atoms with Gasteiger partial charge in [-0.05, 0) is 25.8 Å². The lowest BCUT2D eigenvalue weighted by atomic mass is 9.41. The predicted molar refractivity (Wildman–Crippen MR) is 109 cm³/mol. The Kier molecular flexibility index (Phi) is 4.26. The summed E-state index contributed by atoms with van der Waals surface area (Å²) in [6, 6.07) is -0.282. The van der Waals surface area contributed by atoms with Crippen molar-refractivity contribution in [2.45, 2.75) is 74.3 Å². The molecule has 5 N–H and O–H groups in total. The third kappa shape index (κ3) is 1.93. The Bertz CT molecular complexity index is 783. The van der Waals surface area contributed by atoms with Gasteiger partial charge in [0.2, 0.25) is 0 Å². The van der Waals surface area contributed by atoms with Crippen molar-refractivity contribution in [3.63, 3.8) is 0 Å². The Hall–Kier alpha value is -0.320. The van der Waals surface area contributed by atoms with E-state index >= 15 is 0 Å². The van der Waals surface area contributed by atoms with Crippen LogP contribution in [0.3, 0.4) is 0 Å². The fourth-order valence-corrected chi connectivity index (χ4v) is 10.5. The summed E-state index contributed by atoms with van der Waals surface area (Å²) in [5.74, 6) is -1.73. The molecule has 5 saturated carbocycles. The zero-order chi connectivity index (χ0) is 22.1.